The van der Waals surface area contributed by atoms with Gasteiger partial charge in [-0.25, -0.2) is 18.1 Å². The molecular weight excluding hydrogens is 416 g/mol. The van der Waals surface area contributed by atoms with Gasteiger partial charge in [0.15, 0.2) is 0 Å². The number of hydrogen-bond donors (Lipinski definition) is 2. The molecule has 4 rings (SSSR count). The van der Waals surface area contributed by atoms with E-state index in [1.54, 1.807) is 25.1 Å². The Morgan fingerprint density at radius 2 is 1.74 bits per heavy atom. The molecule has 9 heteroatoms. The van der Waals surface area contributed by atoms with Crippen molar-refractivity contribution in [2.75, 3.05) is 11.3 Å². The van der Waals surface area contributed by atoms with Crippen molar-refractivity contribution in [2.24, 2.45) is 0 Å². The van der Waals surface area contributed by atoms with Gasteiger partial charge in [-0.2, -0.15) is 4.98 Å². The van der Waals surface area contributed by atoms with Crippen LogP contribution in [-0.4, -0.2) is 36.9 Å². The van der Waals surface area contributed by atoms with E-state index in [0.717, 1.165) is 16.7 Å². The van der Waals surface area contributed by atoms with Crippen LogP contribution in [-0.2, 0) is 10.0 Å². The van der Waals surface area contributed by atoms with Crippen molar-refractivity contribution in [3.63, 3.8) is 0 Å². The number of ether oxygens (including phenoxy) is 1. The van der Waals surface area contributed by atoms with Gasteiger partial charge in [0.25, 0.3) is 15.9 Å². The smallest absolute Gasteiger partial charge is 0.265 e. The molecule has 3 aromatic rings. The minimum absolute atomic E-state index is 0.0357. The van der Waals surface area contributed by atoms with Crippen LogP contribution in [0.25, 0.3) is 11.3 Å². The van der Waals surface area contributed by atoms with Gasteiger partial charge in [0.1, 0.15) is 11.5 Å². The SMILES string of the molecule is Cc1cccc(C)c1-c1cc2nc(n1)NS(=O)(=O)c1ccccc1C(=O)NC(C)CO2. The predicted molar refractivity (Wildman–Crippen MR) is 117 cm³/mol. The van der Waals surface area contributed by atoms with Gasteiger partial charge in [-0.05, 0) is 44.0 Å². The Morgan fingerprint density at radius 1 is 1.03 bits per heavy atom. The molecule has 160 valence electrons. The lowest BCUT2D eigenvalue weighted by atomic mass is 10.00. The minimum atomic E-state index is -4.13. The lowest BCUT2D eigenvalue weighted by molar-refractivity contribution is 0.0922. The van der Waals surface area contributed by atoms with E-state index in [-0.39, 0.29) is 34.9 Å². The summed E-state index contributed by atoms with van der Waals surface area (Å²) in [5.74, 6) is -0.419. The molecule has 8 nitrogen and oxygen atoms in total. The lowest BCUT2D eigenvalue weighted by Gasteiger charge is -2.19. The van der Waals surface area contributed by atoms with Crippen molar-refractivity contribution in [1.82, 2.24) is 15.3 Å². The Balaban J connectivity index is 1.89. The van der Waals surface area contributed by atoms with Gasteiger partial charge in [0.05, 0.1) is 17.3 Å². The highest BCUT2D eigenvalue weighted by Gasteiger charge is 2.25. The number of hydrogen-bond acceptors (Lipinski definition) is 6. The molecule has 0 spiro atoms. The highest BCUT2D eigenvalue weighted by Crippen LogP contribution is 2.29. The number of fused-ring (bicyclic) bond motifs is 3. The van der Waals surface area contributed by atoms with E-state index < -0.39 is 15.9 Å². The zero-order chi connectivity index (χ0) is 22.2. The standard InChI is InChI=1S/C22H22N4O4S/c1-13-7-6-8-14(2)20(13)17-11-19-25-22(24-17)26-31(28,29)18-10-5-4-9-16(18)21(27)23-15(3)12-30-19/h4-11,15H,12H2,1-3H3,(H,23,27)(H,24,25,26). The molecule has 1 aliphatic rings. The molecule has 2 bridgehead atoms. The highest BCUT2D eigenvalue weighted by molar-refractivity contribution is 7.92. The third kappa shape index (κ3) is 4.22. The van der Waals surface area contributed by atoms with Crippen LogP contribution in [0, 0.1) is 13.8 Å². The molecule has 0 aliphatic carbocycles. The largest absolute Gasteiger partial charge is 0.475 e. The third-order valence-electron chi connectivity index (χ3n) is 4.95. The number of benzene rings is 2. The topological polar surface area (TPSA) is 110 Å². The van der Waals surface area contributed by atoms with Crippen LogP contribution >= 0.6 is 0 Å². The highest BCUT2D eigenvalue weighted by atomic mass is 32.2. The van der Waals surface area contributed by atoms with Crippen molar-refractivity contribution in [3.8, 4) is 17.1 Å². The van der Waals surface area contributed by atoms with Crippen LogP contribution in [0.15, 0.2) is 53.4 Å². The Kier molecular flexibility index (Phi) is 5.36. The minimum Gasteiger partial charge on any atom is -0.475 e. The fourth-order valence-corrected chi connectivity index (χ4v) is 4.66. The maximum atomic E-state index is 13.1. The predicted octanol–water partition coefficient (Wildman–Crippen LogP) is 3.07. The Morgan fingerprint density at radius 3 is 2.48 bits per heavy atom. The first-order valence-electron chi connectivity index (χ1n) is 9.76. The second-order valence-corrected chi connectivity index (χ2v) is 9.12. The Bertz CT molecular complexity index is 1250. The molecule has 1 amide bonds. The van der Waals surface area contributed by atoms with E-state index in [0.29, 0.717) is 5.69 Å². The fraction of sp³-hybridized carbons (Fsp3) is 0.227. The quantitative estimate of drug-likeness (QED) is 0.604. The first kappa shape index (κ1) is 20.8. The summed E-state index contributed by atoms with van der Waals surface area (Å²) >= 11 is 0. The third-order valence-corrected chi connectivity index (χ3v) is 6.33. The van der Waals surface area contributed by atoms with Crippen molar-refractivity contribution >= 4 is 21.9 Å². The number of carbonyl (C=O) groups is 1. The van der Waals surface area contributed by atoms with Gasteiger partial charge in [-0.1, -0.05) is 30.3 Å². The van der Waals surface area contributed by atoms with E-state index in [1.807, 2.05) is 32.0 Å². The molecule has 2 heterocycles. The van der Waals surface area contributed by atoms with Crippen LogP contribution in [0.2, 0.25) is 0 Å². The average Bonchev–Trinajstić information content (AvgIpc) is 2.71. The number of aryl methyl sites for hydroxylation is 2. The number of rotatable bonds is 1. The van der Waals surface area contributed by atoms with Crippen LogP contribution < -0.4 is 14.8 Å². The molecule has 1 atom stereocenters. The molecule has 0 fully saturated rings. The number of anilines is 1. The second-order valence-electron chi connectivity index (χ2n) is 7.47. The summed E-state index contributed by atoms with van der Waals surface area (Å²) in [6.45, 7) is 5.85. The van der Waals surface area contributed by atoms with E-state index in [4.69, 9.17) is 4.74 Å². The molecule has 31 heavy (non-hydrogen) atoms. The van der Waals surface area contributed by atoms with Crippen molar-refractivity contribution in [1.29, 1.82) is 0 Å². The summed E-state index contributed by atoms with van der Waals surface area (Å²) in [6, 6.07) is 13.2. The molecular formula is C22H22N4O4S. The summed E-state index contributed by atoms with van der Waals surface area (Å²) < 4.78 is 34.4. The first-order chi connectivity index (χ1) is 14.7. The molecule has 1 aliphatic heterocycles. The maximum Gasteiger partial charge on any atom is 0.265 e. The molecule has 2 N–H and O–H groups in total. The van der Waals surface area contributed by atoms with E-state index in [2.05, 4.69) is 20.0 Å². The van der Waals surface area contributed by atoms with Crippen molar-refractivity contribution in [2.45, 2.75) is 31.7 Å². The van der Waals surface area contributed by atoms with Crippen molar-refractivity contribution < 1.29 is 17.9 Å². The monoisotopic (exact) mass is 438 g/mol. The second kappa shape index (κ2) is 7.99. The average molecular weight is 439 g/mol. The number of sulfonamides is 1. The van der Waals surface area contributed by atoms with Crippen LogP contribution in [0.5, 0.6) is 5.88 Å². The van der Waals surface area contributed by atoms with Gasteiger partial charge in [-0.15, -0.1) is 0 Å². The van der Waals surface area contributed by atoms with Gasteiger partial charge >= 0.3 is 0 Å². The Labute approximate surface area is 180 Å². The Hall–Kier alpha value is -3.46. The molecule has 1 aromatic heterocycles. The summed E-state index contributed by atoms with van der Waals surface area (Å²) in [5, 5.41) is 2.76. The normalized spacial score (nSPS) is 17.8. The van der Waals surface area contributed by atoms with Crippen LogP contribution in [0.1, 0.15) is 28.4 Å². The fourth-order valence-electron chi connectivity index (χ4n) is 3.51. The summed E-state index contributed by atoms with van der Waals surface area (Å²) in [4.78, 5) is 21.2. The first-order valence-corrected chi connectivity index (χ1v) is 11.2. The van der Waals surface area contributed by atoms with Gasteiger partial charge in [0, 0.05) is 11.6 Å². The zero-order valence-corrected chi connectivity index (χ0v) is 18.2. The molecule has 0 saturated carbocycles. The number of aromatic nitrogens is 2. The van der Waals surface area contributed by atoms with E-state index >= 15 is 0 Å². The number of nitrogens with one attached hydrogen (secondary N) is 2. The van der Waals surface area contributed by atoms with E-state index in [9.17, 15) is 13.2 Å². The molecule has 2 aromatic carbocycles. The zero-order valence-electron chi connectivity index (χ0n) is 17.3. The van der Waals surface area contributed by atoms with E-state index in [1.165, 1.54) is 12.1 Å². The van der Waals surface area contributed by atoms with Gasteiger partial charge < -0.3 is 10.1 Å². The number of amides is 1. The van der Waals surface area contributed by atoms with Crippen LogP contribution in [0.4, 0.5) is 5.95 Å². The van der Waals surface area contributed by atoms with Crippen molar-refractivity contribution in [3.05, 3.63) is 65.2 Å². The lowest BCUT2D eigenvalue weighted by Crippen LogP contribution is -2.38. The van der Waals surface area contributed by atoms with Gasteiger partial charge in [0.2, 0.25) is 11.8 Å². The molecule has 1 unspecified atom stereocenters. The summed E-state index contributed by atoms with van der Waals surface area (Å²) in [7, 11) is -4.13. The van der Waals surface area contributed by atoms with Crippen LogP contribution in [0.3, 0.4) is 0 Å². The number of nitrogens with zero attached hydrogens (tertiary/aromatic N) is 2. The summed E-state index contributed by atoms with van der Waals surface area (Å²) in [6.07, 6.45) is 0. The maximum absolute atomic E-state index is 13.1. The number of carbonyl (C=O) groups excluding carboxylic acids is 1. The van der Waals surface area contributed by atoms with Gasteiger partial charge in [-0.3, -0.25) is 4.79 Å². The molecule has 0 saturated heterocycles. The summed E-state index contributed by atoms with van der Waals surface area (Å²) in [5.41, 5.74) is 3.44. The molecule has 0 radical (unpaired) electrons.